The largest absolute Gasteiger partial charge is 0.372 e. The van der Waals surface area contributed by atoms with E-state index in [1.807, 2.05) is 0 Å². The van der Waals surface area contributed by atoms with Crippen LogP contribution in [0, 0.1) is 5.92 Å². The van der Waals surface area contributed by atoms with Gasteiger partial charge in [0, 0.05) is 37.6 Å². The minimum Gasteiger partial charge on any atom is -0.372 e. The summed E-state index contributed by atoms with van der Waals surface area (Å²) < 4.78 is 0. The average molecular weight is 629 g/mol. The van der Waals surface area contributed by atoms with Crippen LogP contribution in [0.15, 0.2) is 103 Å². The van der Waals surface area contributed by atoms with Crippen LogP contribution in [0.2, 0.25) is 0 Å². The number of rotatable bonds is 6. The lowest BCUT2D eigenvalue weighted by atomic mass is 9.79. The Labute approximate surface area is 286 Å². The van der Waals surface area contributed by atoms with Gasteiger partial charge in [0.25, 0.3) is 0 Å². The van der Waals surface area contributed by atoms with E-state index in [1.54, 1.807) is 0 Å². The Bertz CT molecular complexity index is 2120. The van der Waals surface area contributed by atoms with Gasteiger partial charge in [0.1, 0.15) is 0 Å². The molecule has 0 spiro atoms. The van der Waals surface area contributed by atoms with Crippen molar-refractivity contribution in [1.29, 1.82) is 0 Å². The number of hydrogen-bond acceptors (Lipinski definition) is 2. The van der Waals surface area contributed by atoms with Crippen molar-refractivity contribution in [1.82, 2.24) is 0 Å². The molecule has 1 aliphatic carbocycles. The molecule has 0 aromatic heterocycles. The van der Waals surface area contributed by atoms with Crippen LogP contribution in [0.1, 0.15) is 70.8 Å². The van der Waals surface area contributed by atoms with E-state index in [2.05, 4.69) is 127 Å². The molecule has 242 valence electrons. The topological polar surface area (TPSA) is 6.48 Å². The monoisotopic (exact) mass is 628 g/mol. The van der Waals surface area contributed by atoms with E-state index in [9.17, 15) is 0 Å². The van der Waals surface area contributed by atoms with Crippen LogP contribution in [0.5, 0.6) is 0 Å². The van der Waals surface area contributed by atoms with Crippen LogP contribution in [0.25, 0.3) is 54.6 Å². The molecule has 2 heterocycles. The molecule has 3 fully saturated rings. The van der Waals surface area contributed by atoms with Gasteiger partial charge in [0.15, 0.2) is 0 Å². The van der Waals surface area contributed by atoms with Gasteiger partial charge in [-0.3, -0.25) is 0 Å². The van der Waals surface area contributed by atoms with Crippen molar-refractivity contribution in [2.75, 3.05) is 36.0 Å². The van der Waals surface area contributed by atoms with Gasteiger partial charge in [0.2, 0.25) is 0 Å². The first kappa shape index (κ1) is 29.8. The number of anilines is 2. The first-order valence-corrected chi connectivity index (χ1v) is 18.7. The summed E-state index contributed by atoms with van der Waals surface area (Å²) in [6, 6.07) is 40.4. The van der Waals surface area contributed by atoms with Crippen LogP contribution in [-0.4, -0.2) is 26.2 Å². The number of fused-ring (bicyclic) bond motifs is 3. The van der Waals surface area contributed by atoms with Crippen LogP contribution in [-0.2, 0) is 5.41 Å². The van der Waals surface area contributed by atoms with Crippen molar-refractivity contribution < 1.29 is 0 Å². The third kappa shape index (κ3) is 5.25. The number of benzene rings is 6. The fraction of sp³-hybridized carbons (Fsp3) is 0.348. The molecule has 1 saturated carbocycles. The minimum atomic E-state index is 0.230. The Balaban J connectivity index is 1.32. The lowest BCUT2D eigenvalue weighted by Gasteiger charge is -2.30. The molecule has 2 aliphatic heterocycles. The Hall–Kier alpha value is -4.30. The van der Waals surface area contributed by atoms with Gasteiger partial charge in [-0.15, -0.1) is 0 Å². The fourth-order valence-corrected chi connectivity index (χ4v) is 8.98. The van der Waals surface area contributed by atoms with Crippen molar-refractivity contribution in [3.8, 4) is 22.3 Å². The molecule has 0 unspecified atom stereocenters. The molecule has 0 amide bonds. The van der Waals surface area contributed by atoms with Crippen LogP contribution >= 0.6 is 0 Å². The molecule has 6 aromatic rings. The van der Waals surface area contributed by atoms with Crippen molar-refractivity contribution >= 4 is 43.7 Å². The van der Waals surface area contributed by atoms with Crippen molar-refractivity contribution in [3.05, 3.63) is 109 Å². The standard InChI is InChI=1S/C46H48N2/c1-46(2,37-19-20-37)36-17-15-33(16-18-36)44-40-23-21-39(48-27-9-4-10-28-48)31-43(40)45(35-14-13-32-11-5-6-12-34(32)29-35)41-24-22-38(30-42(41)44)47-25-7-3-8-26-47/h5-6,11-18,21-24,29-31,37H,3-4,7-10,19-20,25-28H2,1-2H3. The second-order valence-corrected chi connectivity index (χ2v) is 15.4. The van der Waals surface area contributed by atoms with E-state index >= 15 is 0 Å². The highest BCUT2D eigenvalue weighted by Gasteiger charge is 2.38. The van der Waals surface area contributed by atoms with Crippen molar-refractivity contribution in [3.63, 3.8) is 0 Å². The lowest BCUT2D eigenvalue weighted by molar-refractivity contribution is 0.454. The lowest BCUT2D eigenvalue weighted by Crippen LogP contribution is -2.29. The molecule has 2 saturated heterocycles. The van der Waals surface area contributed by atoms with E-state index < -0.39 is 0 Å². The average Bonchev–Trinajstić information content (AvgIpc) is 4.01. The zero-order valence-corrected chi connectivity index (χ0v) is 28.8. The predicted molar refractivity (Wildman–Crippen MR) is 208 cm³/mol. The van der Waals surface area contributed by atoms with Crippen molar-refractivity contribution in [2.45, 2.75) is 70.6 Å². The molecular formula is C46H48N2. The van der Waals surface area contributed by atoms with E-state index in [4.69, 9.17) is 0 Å². The third-order valence-corrected chi connectivity index (χ3v) is 12.1. The van der Waals surface area contributed by atoms with Crippen LogP contribution in [0.4, 0.5) is 11.4 Å². The third-order valence-electron chi connectivity index (χ3n) is 12.1. The molecule has 0 radical (unpaired) electrons. The highest BCUT2D eigenvalue weighted by molar-refractivity contribution is 6.22. The molecule has 48 heavy (non-hydrogen) atoms. The molecule has 2 heteroatoms. The Morgan fingerprint density at radius 3 is 1.56 bits per heavy atom. The second kappa shape index (κ2) is 12.0. The first-order chi connectivity index (χ1) is 23.5. The molecule has 9 rings (SSSR count). The smallest absolute Gasteiger partial charge is 0.0372 e. The fourth-order valence-electron chi connectivity index (χ4n) is 8.98. The number of piperidine rings is 2. The number of nitrogens with zero attached hydrogens (tertiary/aromatic N) is 2. The van der Waals surface area contributed by atoms with Gasteiger partial charge in [-0.2, -0.15) is 0 Å². The van der Waals surface area contributed by atoms with E-state index in [0.29, 0.717) is 0 Å². The van der Waals surface area contributed by atoms with Gasteiger partial charge in [-0.05, 0) is 153 Å². The second-order valence-electron chi connectivity index (χ2n) is 15.4. The van der Waals surface area contributed by atoms with Crippen LogP contribution < -0.4 is 9.80 Å². The van der Waals surface area contributed by atoms with Gasteiger partial charge in [-0.25, -0.2) is 0 Å². The maximum atomic E-state index is 2.62. The SMILES string of the molecule is CC(C)(c1ccc(-c2c3ccc(N4CCCCC4)cc3c(-c3ccc4ccccc4c3)c3ccc(N4CCCCC4)cc23)cc1)C1CC1. The molecular weight excluding hydrogens is 581 g/mol. The zero-order valence-electron chi connectivity index (χ0n) is 28.8. The number of hydrogen-bond donors (Lipinski definition) is 0. The molecule has 0 bridgehead atoms. The summed E-state index contributed by atoms with van der Waals surface area (Å²) in [5.74, 6) is 0.812. The summed E-state index contributed by atoms with van der Waals surface area (Å²) >= 11 is 0. The molecule has 2 nitrogen and oxygen atoms in total. The Morgan fingerprint density at radius 1 is 0.479 bits per heavy atom. The maximum absolute atomic E-state index is 2.62. The van der Waals surface area contributed by atoms with E-state index in [-0.39, 0.29) is 5.41 Å². The molecule has 0 N–H and O–H groups in total. The van der Waals surface area contributed by atoms with Gasteiger partial charge < -0.3 is 9.80 Å². The van der Waals surface area contributed by atoms with E-state index in [0.717, 1.165) is 32.1 Å². The summed E-state index contributed by atoms with van der Waals surface area (Å²) in [5.41, 5.74) is 9.80. The van der Waals surface area contributed by atoms with Gasteiger partial charge in [-0.1, -0.05) is 86.6 Å². The Morgan fingerprint density at radius 2 is 1.00 bits per heavy atom. The summed E-state index contributed by atoms with van der Waals surface area (Å²) in [6.07, 6.45) is 10.5. The summed E-state index contributed by atoms with van der Waals surface area (Å²) in [5, 5.41) is 8.04. The highest BCUT2D eigenvalue weighted by atomic mass is 15.1. The minimum absolute atomic E-state index is 0.230. The molecule has 6 aromatic carbocycles. The quantitative estimate of drug-likeness (QED) is 0.169. The summed E-state index contributed by atoms with van der Waals surface area (Å²) in [6.45, 7) is 9.47. The Kier molecular flexibility index (Phi) is 7.45. The molecule has 0 atom stereocenters. The van der Waals surface area contributed by atoms with Crippen LogP contribution in [0.3, 0.4) is 0 Å². The van der Waals surface area contributed by atoms with Gasteiger partial charge >= 0.3 is 0 Å². The summed E-state index contributed by atoms with van der Waals surface area (Å²) in [7, 11) is 0. The highest BCUT2D eigenvalue weighted by Crippen LogP contribution is 2.49. The predicted octanol–water partition coefficient (Wildman–Crippen LogP) is 12.1. The maximum Gasteiger partial charge on any atom is 0.0372 e. The van der Waals surface area contributed by atoms with Crippen molar-refractivity contribution in [2.24, 2.45) is 5.92 Å². The van der Waals surface area contributed by atoms with E-state index in [1.165, 1.54) is 123 Å². The summed E-state index contributed by atoms with van der Waals surface area (Å²) in [4.78, 5) is 5.23. The first-order valence-electron chi connectivity index (χ1n) is 18.7. The molecule has 3 aliphatic rings. The normalized spacial score (nSPS) is 17.5. The zero-order chi connectivity index (χ0) is 32.2. The van der Waals surface area contributed by atoms with Gasteiger partial charge in [0.05, 0.1) is 0 Å².